The molecular weight excluding hydrogens is 218 g/mol. The van der Waals surface area contributed by atoms with Crippen molar-refractivity contribution in [1.82, 2.24) is 9.55 Å². The van der Waals surface area contributed by atoms with Crippen molar-refractivity contribution in [1.29, 1.82) is 0 Å². The number of rotatable bonds is 3. The molecule has 0 saturated carbocycles. The van der Waals surface area contributed by atoms with Crippen LogP contribution in [0.4, 0.5) is 5.82 Å². The van der Waals surface area contributed by atoms with E-state index in [1.54, 1.807) is 12.4 Å². The normalized spacial score (nSPS) is 19.3. The molecule has 2 rings (SSSR count). The summed E-state index contributed by atoms with van der Waals surface area (Å²) in [6.45, 7) is 1.85. The van der Waals surface area contributed by atoms with Crippen molar-refractivity contribution >= 4 is 5.82 Å². The zero-order valence-corrected chi connectivity index (χ0v) is 9.54. The third kappa shape index (κ3) is 2.32. The summed E-state index contributed by atoms with van der Waals surface area (Å²) in [5, 5.41) is 9.08. The fourth-order valence-corrected chi connectivity index (χ4v) is 2.05. The fourth-order valence-electron chi connectivity index (χ4n) is 2.05. The van der Waals surface area contributed by atoms with Crippen LogP contribution in [0.25, 0.3) is 0 Å². The van der Waals surface area contributed by atoms with Gasteiger partial charge in [0.25, 0.3) is 5.56 Å². The first-order valence-corrected chi connectivity index (χ1v) is 5.61. The SMILES string of the molecule is C#CCn1ccnc(N2CC[C@H](CO)C2)c1=O. The quantitative estimate of drug-likeness (QED) is 0.728. The minimum atomic E-state index is -0.163. The van der Waals surface area contributed by atoms with Crippen LogP contribution in [0.1, 0.15) is 6.42 Å². The Balaban J connectivity index is 2.25. The highest BCUT2D eigenvalue weighted by atomic mass is 16.3. The minimum Gasteiger partial charge on any atom is -0.396 e. The van der Waals surface area contributed by atoms with E-state index in [2.05, 4.69) is 10.9 Å². The van der Waals surface area contributed by atoms with E-state index >= 15 is 0 Å². The molecule has 0 spiro atoms. The lowest BCUT2D eigenvalue weighted by atomic mass is 10.1. The van der Waals surface area contributed by atoms with Crippen molar-refractivity contribution in [2.24, 2.45) is 5.92 Å². The first kappa shape index (κ1) is 11.7. The zero-order chi connectivity index (χ0) is 12.3. The Labute approximate surface area is 99.7 Å². The van der Waals surface area contributed by atoms with Gasteiger partial charge in [-0.2, -0.15) is 0 Å². The van der Waals surface area contributed by atoms with Crippen LogP contribution in [-0.2, 0) is 6.54 Å². The summed E-state index contributed by atoms with van der Waals surface area (Å²) in [5.74, 6) is 3.10. The van der Waals surface area contributed by atoms with E-state index in [1.807, 2.05) is 4.90 Å². The highest BCUT2D eigenvalue weighted by Crippen LogP contribution is 2.18. The van der Waals surface area contributed by atoms with Gasteiger partial charge in [-0.15, -0.1) is 6.42 Å². The lowest BCUT2D eigenvalue weighted by Gasteiger charge is -2.16. The zero-order valence-electron chi connectivity index (χ0n) is 9.54. The molecule has 0 radical (unpaired) electrons. The molecule has 2 heterocycles. The minimum absolute atomic E-state index is 0.155. The Hall–Kier alpha value is -1.80. The number of hydrogen-bond donors (Lipinski definition) is 1. The largest absolute Gasteiger partial charge is 0.396 e. The molecule has 0 amide bonds. The smallest absolute Gasteiger partial charge is 0.294 e. The summed E-state index contributed by atoms with van der Waals surface area (Å²) in [6.07, 6.45) is 9.26. The molecule has 17 heavy (non-hydrogen) atoms. The third-order valence-corrected chi connectivity index (χ3v) is 3.00. The molecule has 1 aliphatic rings. The second-order valence-corrected chi connectivity index (χ2v) is 4.17. The predicted octanol–water partition coefficient (Wildman–Crippen LogP) is -0.305. The Bertz CT molecular complexity index is 489. The first-order valence-electron chi connectivity index (χ1n) is 5.61. The number of terminal acetylenes is 1. The van der Waals surface area contributed by atoms with E-state index in [-0.39, 0.29) is 24.6 Å². The van der Waals surface area contributed by atoms with Crippen LogP contribution in [0, 0.1) is 18.3 Å². The summed E-state index contributed by atoms with van der Waals surface area (Å²) in [7, 11) is 0. The molecule has 0 aromatic carbocycles. The van der Waals surface area contributed by atoms with Crippen molar-refractivity contribution in [2.75, 3.05) is 24.6 Å². The molecule has 1 fully saturated rings. The van der Waals surface area contributed by atoms with Crippen LogP contribution in [0.15, 0.2) is 17.2 Å². The summed E-state index contributed by atoms with van der Waals surface area (Å²) < 4.78 is 1.47. The van der Waals surface area contributed by atoms with E-state index in [0.717, 1.165) is 13.0 Å². The van der Waals surface area contributed by atoms with Crippen LogP contribution < -0.4 is 10.5 Å². The van der Waals surface area contributed by atoms with Gasteiger partial charge in [-0.1, -0.05) is 5.92 Å². The Morgan fingerprint density at radius 3 is 3.12 bits per heavy atom. The van der Waals surface area contributed by atoms with E-state index in [9.17, 15) is 4.79 Å². The topological polar surface area (TPSA) is 58.4 Å². The van der Waals surface area contributed by atoms with Gasteiger partial charge in [0.05, 0.1) is 6.54 Å². The molecule has 1 N–H and O–H groups in total. The molecule has 0 bridgehead atoms. The van der Waals surface area contributed by atoms with E-state index in [4.69, 9.17) is 11.5 Å². The molecular formula is C12H15N3O2. The van der Waals surface area contributed by atoms with E-state index in [1.165, 1.54) is 4.57 Å². The molecule has 1 saturated heterocycles. The summed E-state index contributed by atoms with van der Waals surface area (Å²) >= 11 is 0. The summed E-state index contributed by atoms with van der Waals surface area (Å²) in [5.41, 5.74) is -0.163. The molecule has 1 aromatic heterocycles. The molecule has 0 unspecified atom stereocenters. The lowest BCUT2D eigenvalue weighted by molar-refractivity contribution is 0.238. The van der Waals surface area contributed by atoms with Crippen molar-refractivity contribution in [3.63, 3.8) is 0 Å². The average molecular weight is 233 g/mol. The van der Waals surface area contributed by atoms with Gasteiger partial charge in [0.2, 0.25) is 0 Å². The first-order chi connectivity index (χ1) is 8.26. The number of aromatic nitrogens is 2. The molecule has 5 heteroatoms. The third-order valence-electron chi connectivity index (χ3n) is 3.00. The van der Waals surface area contributed by atoms with Gasteiger partial charge in [0.15, 0.2) is 5.82 Å². The molecule has 1 aromatic rings. The van der Waals surface area contributed by atoms with Gasteiger partial charge >= 0.3 is 0 Å². The van der Waals surface area contributed by atoms with Gasteiger partial charge in [-0.3, -0.25) is 9.36 Å². The van der Waals surface area contributed by atoms with Gasteiger partial charge in [-0.05, 0) is 6.42 Å². The van der Waals surface area contributed by atoms with E-state index < -0.39 is 0 Å². The average Bonchev–Trinajstić information content (AvgIpc) is 2.80. The second kappa shape index (κ2) is 5.02. The Morgan fingerprint density at radius 1 is 1.65 bits per heavy atom. The maximum Gasteiger partial charge on any atom is 0.294 e. The van der Waals surface area contributed by atoms with E-state index in [0.29, 0.717) is 12.4 Å². The molecule has 1 aliphatic heterocycles. The predicted molar refractivity (Wildman–Crippen MR) is 64.7 cm³/mol. The van der Waals surface area contributed by atoms with Crippen molar-refractivity contribution in [2.45, 2.75) is 13.0 Å². The highest BCUT2D eigenvalue weighted by Gasteiger charge is 2.24. The van der Waals surface area contributed by atoms with Crippen LogP contribution in [-0.4, -0.2) is 34.4 Å². The maximum atomic E-state index is 12.0. The number of anilines is 1. The van der Waals surface area contributed by atoms with Crippen molar-refractivity contribution in [3.8, 4) is 12.3 Å². The Morgan fingerprint density at radius 2 is 2.47 bits per heavy atom. The molecule has 90 valence electrons. The van der Waals surface area contributed by atoms with Crippen LogP contribution in [0.5, 0.6) is 0 Å². The number of aliphatic hydroxyl groups is 1. The molecule has 1 atom stereocenters. The van der Waals surface area contributed by atoms with Crippen LogP contribution in [0.3, 0.4) is 0 Å². The highest BCUT2D eigenvalue weighted by molar-refractivity contribution is 5.37. The molecule has 0 aliphatic carbocycles. The van der Waals surface area contributed by atoms with Crippen LogP contribution in [0.2, 0.25) is 0 Å². The fraction of sp³-hybridized carbons (Fsp3) is 0.500. The van der Waals surface area contributed by atoms with Gasteiger partial charge < -0.3 is 10.0 Å². The Kier molecular flexibility index (Phi) is 3.45. The summed E-state index contributed by atoms with van der Waals surface area (Å²) in [6, 6.07) is 0. The number of nitrogens with zero attached hydrogens (tertiary/aromatic N) is 3. The standard InChI is InChI=1S/C12H15N3O2/c1-2-5-14-7-4-13-11(12(14)17)15-6-3-10(8-15)9-16/h1,4,7,10,16H,3,5-6,8-9H2/t10-/m0/s1. The number of hydrogen-bond acceptors (Lipinski definition) is 4. The second-order valence-electron chi connectivity index (χ2n) is 4.17. The van der Waals surface area contributed by atoms with Gasteiger partial charge in [0, 0.05) is 38.0 Å². The van der Waals surface area contributed by atoms with Crippen LogP contribution >= 0.6 is 0 Å². The van der Waals surface area contributed by atoms with Gasteiger partial charge in [-0.25, -0.2) is 4.98 Å². The van der Waals surface area contributed by atoms with Gasteiger partial charge in [0.1, 0.15) is 0 Å². The van der Waals surface area contributed by atoms with Crippen molar-refractivity contribution < 1.29 is 5.11 Å². The lowest BCUT2D eigenvalue weighted by Crippen LogP contribution is -2.32. The monoisotopic (exact) mass is 233 g/mol. The number of aliphatic hydroxyl groups excluding tert-OH is 1. The summed E-state index contributed by atoms with van der Waals surface area (Å²) in [4.78, 5) is 18.1. The maximum absolute atomic E-state index is 12.0. The van der Waals surface area contributed by atoms with Crippen molar-refractivity contribution in [3.05, 3.63) is 22.7 Å². The molecule has 5 nitrogen and oxygen atoms in total.